The van der Waals surface area contributed by atoms with Crippen LogP contribution >= 0.6 is 11.3 Å². The summed E-state index contributed by atoms with van der Waals surface area (Å²) < 4.78 is 1.26. The fourth-order valence-electron chi connectivity index (χ4n) is 2.00. The molecule has 0 spiro atoms. The number of urea groups is 1. The Morgan fingerprint density at radius 1 is 1.31 bits per heavy atom. The number of nitrogens with one attached hydrogen (secondary N) is 1. The summed E-state index contributed by atoms with van der Waals surface area (Å²) in [4.78, 5) is 13.5. The van der Waals surface area contributed by atoms with E-state index in [4.69, 9.17) is 0 Å². The lowest BCUT2D eigenvalue weighted by Gasteiger charge is -2.27. The van der Waals surface area contributed by atoms with Crippen LogP contribution in [-0.4, -0.2) is 19.1 Å². The lowest BCUT2D eigenvalue weighted by Crippen LogP contribution is -2.46. The van der Waals surface area contributed by atoms with Gasteiger partial charge in [-0.05, 0) is 41.5 Å². The van der Waals surface area contributed by atoms with Gasteiger partial charge in [-0.2, -0.15) is 0 Å². The summed E-state index contributed by atoms with van der Waals surface area (Å²) in [6, 6.07) is 8.28. The van der Waals surface area contributed by atoms with Gasteiger partial charge in [-0.3, -0.25) is 4.90 Å². The molecule has 16 heavy (non-hydrogen) atoms. The summed E-state index contributed by atoms with van der Waals surface area (Å²) in [6.07, 6.45) is 1.01. The fraction of sp³-hybridized carbons (Fsp3) is 0.250. The van der Waals surface area contributed by atoms with Crippen molar-refractivity contribution in [3.8, 4) is 0 Å². The number of anilines is 1. The van der Waals surface area contributed by atoms with Crippen LogP contribution in [-0.2, 0) is 0 Å². The lowest BCUT2D eigenvalue weighted by atomic mass is 10.2. The van der Waals surface area contributed by atoms with Crippen molar-refractivity contribution in [2.45, 2.75) is 6.42 Å². The average Bonchev–Trinajstić information content (AvgIpc) is 2.76. The molecule has 1 aromatic carbocycles. The standard InChI is InChI=1S/C12H12N2OS/c15-12-13-5-1-6-14(12)10-2-3-11-9(8-10)4-7-16-11/h2-4,7-8H,1,5-6H2,(H,13,15). The Morgan fingerprint density at radius 3 is 3.12 bits per heavy atom. The summed E-state index contributed by atoms with van der Waals surface area (Å²) in [7, 11) is 0. The second-order valence-corrected chi connectivity index (χ2v) is 4.83. The second-order valence-electron chi connectivity index (χ2n) is 3.88. The van der Waals surface area contributed by atoms with E-state index >= 15 is 0 Å². The molecule has 1 aliphatic rings. The molecule has 0 aliphatic carbocycles. The van der Waals surface area contributed by atoms with E-state index in [1.165, 1.54) is 10.1 Å². The maximum atomic E-state index is 11.7. The van der Waals surface area contributed by atoms with Gasteiger partial charge in [0, 0.05) is 23.5 Å². The number of benzene rings is 1. The van der Waals surface area contributed by atoms with Gasteiger partial charge in [-0.1, -0.05) is 0 Å². The monoisotopic (exact) mass is 232 g/mol. The van der Waals surface area contributed by atoms with E-state index in [9.17, 15) is 4.79 Å². The first kappa shape index (κ1) is 9.66. The molecular weight excluding hydrogens is 220 g/mol. The normalized spacial score (nSPS) is 16.5. The van der Waals surface area contributed by atoms with E-state index in [0.29, 0.717) is 0 Å². The number of carbonyl (C=O) groups is 1. The number of thiophene rings is 1. The molecule has 0 saturated carbocycles. The van der Waals surface area contributed by atoms with Crippen molar-refractivity contribution in [1.29, 1.82) is 0 Å². The van der Waals surface area contributed by atoms with Crippen molar-refractivity contribution in [1.82, 2.24) is 5.32 Å². The third kappa shape index (κ3) is 1.55. The molecule has 2 heterocycles. The van der Waals surface area contributed by atoms with Gasteiger partial charge < -0.3 is 5.32 Å². The molecule has 1 aromatic heterocycles. The second kappa shape index (κ2) is 3.79. The molecule has 0 bridgehead atoms. The van der Waals surface area contributed by atoms with Crippen LogP contribution in [0.25, 0.3) is 10.1 Å². The fourth-order valence-corrected chi connectivity index (χ4v) is 2.77. The van der Waals surface area contributed by atoms with E-state index in [1.807, 2.05) is 6.07 Å². The summed E-state index contributed by atoms with van der Waals surface area (Å²) in [5, 5.41) is 6.15. The van der Waals surface area contributed by atoms with Crippen LogP contribution in [0.5, 0.6) is 0 Å². The first-order valence-electron chi connectivity index (χ1n) is 5.37. The van der Waals surface area contributed by atoms with Crippen molar-refractivity contribution in [3.63, 3.8) is 0 Å². The average molecular weight is 232 g/mol. The van der Waals surface area contributed by atoms with Gasteiger partial charge in [0.2, 0.25) is 0 Å². The highest BCUT2D eigenvalue weighted by molar-refractivity contribution is 7.17. The molecule has 2 aromatic rings. The van der Waals surface area contributed by atoms with Gasteiger partial charge in [0.05, 0.1) is 0 Å². The zero-order valence-corrected chi connectivity index (χ0v) is 9.59. The van der Waals surface area contributed by atoms with Crippen LogP contribution in [0.15, 0.2) is 29.6 Å². The first-order valence-corrected chi connectivity index (χ1v) is 6.25. The Bertz CT molecular complexity index is 535. The van der Waals surface area contributed by atoms with Crippen LogP contribution in [0.3, 0.4) is 0 Å². The number of rotatable bonds is 1. The number of hydrogen-bond acceptors (Lipinski definition) is 2. The van der Waals surface area contributed by atoms with Crippen molar-refractivity contribution in [2.24, 2.45) is 0 Å². The van der Waals surface area contributed by atoms with Gasteiger partial charge in [0.15, 0.2) is 0 Å². The van der Waals surface area contributed by atoms with Crippen LogP contribution in [0.2, 0.25) is 0 Å². The van der Waals surface area contributed by atoms with Gasteiger partial charge >= 0.3 is 6.03 Å². The van der Waals surface area contributed by atoms with Crippen LogP contribution in [0, 0.1) is 0 Å². The Hall–Kier alpha value is -1.55. The molecule has 3 rings (SSSR count). The highest BCUT2D eigenvalue weighted by Gasteiger charge is 2.19. The highest BCUT2D eigenvalue weighted by atomic mass is 32.1. The van der Waals surface area contributed by atoms with Crippen LogP contribution < -0.4 is 10.2 Å². The van der Waals surface area contributed by atoms with E-state index in [0.717, 1.165) is 25.2 Å². The summed E-state index contributed by atoms with van der Waals surface area (Å²) in [5.41, 5.74) is 0.989. The number of hydrogen-bond donors (Lipinski definition) is 1. The van der Waals surface area contributed by atoms with E-state index in [2.05, 4.69) is 28.9 Å². The lowest BCUT2D eigenvalue weighted by molar-refractivity contribution is 0.243. The van der Waals surface area contributed by atoms with Crippen molar-refractivity contribution < 1.29 is 4.79 Å². The molecule has 2 amide bonds. The smallest absolute Gasteiger partial charge is 0.321 e. The Labute approximate surface area is 97.7 Å². The minimum atomic E-state index is 0.0147. The predicted octanol–water partition coefficient (Wildman–Crippen LogP) is 2.82. The van der Waals surface area contributed by atoms with Gasteiger partial charge in [-0.15, -0.1) is 11.3 Å². The zero-order valence-electron chi connectivity index (χ0n) is 8.77. The minimum Gasteiger partial charge on any atom is -0.338 e. The maximum Gasteiger partial charge on any atom is 0.321 e. The third-order valence-electron chi connectivity index (χ3n) is 2.83. The van der Waals surface area contributed by atoms with Gasteiger partial charge in [-0.25, -0.2) is 4.79 Å². The summed E-state index contributed by atoms with van der Waals surface area (Å²) in [6.45, 7) is 1.59. The number of amides is 2. The molecule has 0 atom stereocenters. The Morgan fingerprint density at radius 2 is 2.25 bits per heavy atom. The zero-order chi connectivity index (χ0) is 11.0. The van der Waals surface area contributed by atoms with Crippen molar-refractivity contribution in [2.75, 3.05) is 18.0 Å². The molecular formula is C12H12N2OS. The quantitative estimate of drug-likeness (QED) is 0.805. The Kier molecular flexibility index (Phi) is 2.29. The van der Waals surface area contributed by atoms with Crippen LogP contribution in [0.4, 0.5) is 10.5 Å². The van der Waals surface area contributed by atoms with E-state index in [1.54, 1.807) is 16.2 Å². The van der Waals surface area contributed by atoms with Gasteiger partial charge in [0.25, 0.3) is 0 Å². The van der Waals surface area contributed by atoms with E-state index < -0.39 is 0 Å². The third-order valence-corrected chi connectivity index (χ3v) is 3.73. The molecule has 1 aliphatic heterocycles. The predicted molar refractivity (Wildman–Crippen MR) is 67.2 cm³/mol. The molecule has 3 nitrogen and oxygen atoms in total. The minimum absolute atomic E-state index is 0.0147. The molecule has 0 radical (unpaired) electrons. The summed E-state index contributed by atoms with van der Waals surface area (Å²) >= 11 is 1.72. The molecule has 1 fully saturated rings. The van der Waals surface area contributed by atoms with Gasteiger partial charge in [0.1, 0.15) is 0 Å². The van der Waals surface area contributed by atoms with Crippen molar-refractivity contribution >= 4 is 33.1 Å². The van der Waals surface area contributed by atoms with Crippen LogP contribution in [0.1, 0.15) is 6.42 Å². The Balaban J connectivity index is 2.00. The molecule has 4 heteroatoms. The van der Waals surface area contributed by atoms with E-state index in [-0.39, 0.29) is 6.03 Å². The van der Waals surface area contributed by atoms with Crippen molar-refractivity contribution in [3.05, 3.63) is 29.6 Å². The maximum absolute atomic E-state index is 11.7. The number of carbonyl (C=O) groups excluding carboxylic acids is 1. The number of fused-ring (bicyclic) bond motifs is 1. The topological polar surface area (TPSA) is 32.3 Å². The number of nitrogens with zero attached hydrogens (tertiary/aromatic N) is 1. The molecule has 1 N–H and O–H groups in total. The molecule has 0 unspecified atom stereocenters. The molecule has 82 valence electrons. The SMILES string of the molecule is O=C1NCCCN1c1ccc2sccc2c1. The highest BCUT2D eigenvalue weighted by Crippen LogP contribution is 2.26. The summed E-state index contributed by atoms with van der Waals surface area (Å²) in [5.74, 6) is 0. The first-order chi connectivity index (χ1) is 7.84. The largest absolute Gasteiger partial charge is 0.338 e. The molecule has 1 saturated heterocycles.